The van der Waals surface area contributed by atoms with E-state index in [-0.39, 0.29) is 0 Å². The first-order valence-corrected chi connectivity index (χ1v) is 16.9. The van der Waals surface area contributed by atoms with Crippen LogP contribution in [-0.2, 0) is 9.59 Å². The van der Waals surface area contributed by atoms with E-state index in [0.29, 0.717) is 0 Å². The minimum absolute atomic E-state index is 0.836. The van der Waals surface area contributed by atoms with Gasteiger partial charge in [-0.2, -0.15) is 0 Å². The molecule has 0 atom stereocenters. The zero-order valence-corrected chi connectivity index (χ0v) is 25.5. The van der Waals surface area contributed by atoms with Gasteiger partial charge in [-0.1, -0.05) is 173 Å². The van der Waals surface area contributed by atoms with E-state index in [1.54, 1.807) is 12.2 Å². The molecule has 0 bridgehead atoms. The van der Waals surface area contributed by atoms with Gasteiger partial charge in [0.25, 0.3) is 0 Å². The molecule has 4 heteroatoms. The fourth-order valence-corrected chi connectivity index (χ4v) is 5.31. The first kappa shape index (κ1) is 37.4. The second-order valence-corrected chi connectivity index (χ2v) is 11.6. The number of hydrogen-bond donors (Lipinski definition) is 2. The van der Waals surface area contributed by atoms with Crippen LogP contribution in [0.5, 0.6) is 0 Å². The summed E-state index contributed by atoms with van der Waals surface area (Å²) in [6, 6.07) is 0. The molecule has 0 unspecified atom stereocenters. The maximum absolute atomic E-state index is 10.4. The summed E-state index contributed by atoms with van der Waals surface area (Å²) < 4.78 is 0. The summed E-state index contributed by atoms with van der Waals surface area (Å²) in [5.41, 5.74) is 0. The van der Waals surface area contributed by atoms with Gasteiger partial charge in [0.05, 0.1) is 0 Å². The van der Waals surface area contributed by atoms with Crippen LogP contribution in [-0.4, -0.2) is 22.2 Å². The highest BCUT2D eigenvalue weighted by Gasteiger charge is 1.97. The summed E-state index contributed by atoms with van der Waals surface area (Å²) in [5.74, 6) is -1.67. The smallest absolute Gasteiger partial charge is 0.327 e. The van der Waals surface area contributed by atoms with Crippen LogP contribution in [0.2, 0.25) is 0 Å². The van der Waals surface area contributed by atoms with E-state index in [0.717, 1.165) is 25.7 Å². The number of rotatable bonds is 32. The molecule has 0 rings (SSSR count). The SMILES string of the molecule is O=C(O)C=CCCCCCCCCCCCCCCCCCCCCCCCCCCCCCC=CC(=O)O. The summed E-state index contributed by atoms with van der Waals surface area (Å²) in [7, 11) is 0. The molecule has 4 nitrogen and oxygen atoms in total. The Morgan fingerprint density at radius 3 is 0.615 bits per heavy atom. The van der Waals surface area contributed by atoms with Crippen molar-refractivity contribution in [3.63, 3.8) is 0 Å². The quantitative estimate of drug-likeness (QED) is 0.0647. The Hall–Kier alpha value is -1.58. The van der Waals surface area contributed by atoms with Crippen LogP contribution in [0.4, 0.5) is 0 Å². The van der Waals surface area contributed by atoms with Crippen molar-refractivity contribution in [3.05, 3.63) is 24.3 Å². The zero-order valence-electron chi connectivity index (χ0n) is 25.5. The van der Waals surface area contributed by atoms with Gasteiger partial charge in [-0.15, -0.1) is 0 Å². The van der Waals surface area contributed by atoms with Crippen LogP contribution in [0.25, 0.3) is 0 Å². The number of allylic oxidation sites excluding steroid dienone is 2. The lowest BCUT2D eigenvalue weighted by Gasteiger charge is -2.04. The van der Waals surface area contributed by atoms with E-state index < -0.39 is 11.9 Å². The summed E-state index contributed by atoms with van der Waals surface area (Å²) >= 11 is 0. The fourth-order valence-electron chi connectivity index (χ4n) is 5.31. The van der Waals surface area contributed by atoms with E-state index in [1.165, 1.54) is 173 Å². The molecule has 0 fully saturated rings. The molecule has 0 radical (unpaired) electrons. The number of unbranched alkanes of at least 4 members (excludes halogenated alkanes) is 28. The molecule has 0 aromatic carbocycles. The number of hydrogen-bond acceptors (Lipinski definition) is 2. The number of aliphatic carboxylic acids is 2. The third kappa shape index (κ3) is 36.4. The average molecular weight is 549 g/mol. The first-order chi connectivity index (χ1) is 19.1. The van der Waals surface area contributed by atoms with Crippen LogP contribution in [0.3, 0.4) is 0 Å². The largest absolute Gasteiger partial charge is 0.478 e. The third-order valence-electron chi connectivity index (χ3n) is 7.76. The van der Waals surface area contributed by atoms with Gasteiger partial charge in [-0.3, -0.25) is 0 Å². The predicted molar refractivity (Wildman–Crippen MR) is 167 cm³/mol. The van der Waals surface area contributed by atoms with Gasteiger partial charge in [-0.05, 0) is 25.7 Å². The van der Waals surface area contributed by atoms with Gasteiger partial charge < -0.3 is 10.2 Å². The molecule has 0 saturated carbocycles. The number of carboxylic acids is 2. The van der Waals surface area contributed by atoms with Crippen molar-refractivity contribution in [3.8, 4) is 0 Å². The van der Waals surface area contributed by atoms with Crippen molar-refractivity contribution < 1.29 is 19.8 Å². The minimum Gasteiger partial charge on any atom is -0.478 e. The van der Waals surface area contributed by atoms with Crippen LogP contribution in [0.1, 0.15) is 186 Å². The standard InChI is InChI=1S/C35H64O4/c36-34(37)32-30-28-26-24-22-20-18-16-14-12-10-8-6-4-2-1-3-5-7-9-11-13-15-17-19-21-23-25-27-29-31-33-35(38)39/h30-33H,1-29H2,(H,36,37)(H,38,39). The van der Waals surface area contributed by atoms with Crippen molar-refractivity contribution in [2.24, 2.45) is 0 Å². The first-order valence-electron chi connectivity index (χ1n) is 16.9. The Kier molecular flexibility index (Phi) is 31.3. The van der Waals surface area contributed by atoms with Crippen LogP contribution in [0.15, 0.2) is 24.3 Å². The molecule has 0 aromatic heterocycles. The van der Waals surface area contributed by atoms with Gasteiger partial charge in [0.1, 0.15) is 0 Å². The highest BCUT2D eigenvalue weighted by molar-refractivity contribution is 5.79. The van der Waals surface area contributed by atoms with Crippen molar-refractivity contribution in [2.75, 3.05) is 0 Å². The highest BCUT2D eigenvalue weighted by atomic mass is 16.4. The molecule has 0 heterocycles. The molecule has 228 valence electrons. The van der Waals surface area contributed by atoms with Crippen molar-refractivity contribution in [1.82, 2.24) is 0 Å². The van der Waals surface area contributed by atoms with Crippen LogP contribution in [0, 0.1) is 0 Å². The molecular weight excluding hydrogens is 484 g/mol. The second-order valence-electron chi connectivity index (χ2n) is 11.6. The normalized spacial score (nSPS) is 11.7. The Morgan fingerprint density at radius 2 is 0.462 bits per heavy atom. The summed E-state index contributed by atoms with van der Waals surface area (Å²) in [4.78, 5) is 20.8. The zero-order chi connectivity index (χ0) is 28.5. The molecular formula is C35H64O4. The fraction of sp³-hybridized carbons (Fsp3) is 0.829. The molecule has 2 N–H and O–H groups in total. The van der Waals surface area contributed by atoms with Crippen LogP contribution < -0.4 is 0 Å². The summed E-state index contributed by atoms with van der Waals surface area (Å²) in [5, 5.41) is 17.1. The Balaban J connectivity index is 3.07. The summed E-state index contributed by atoms with van der Waals surface area (Å²) in [6.45, 7) is 0. The highest BCUT2D eigenvalue weighted by Crippen LogP contribution is 2.16. The van der Waals surface area contributed by atoms with E-state index in [9.17, 15) is 9.59 Å². The van der Waals surface area contributed by atoms with Crippen molar-refractivity contribution >= 4 is 11.9 Å². The monoisotopic (exact) mass is 548 g/mol. The van der Waals surface area contributed by atoms with Gasteiger partial charge in [0.15, 0.2) is 0 Å². The Labute approximate surface area is 242 Å². The molecule has 0 aliphatic rings. The third-order valence-corrected chi connectivity index (χ3v) is 7.76. The molecule has 0 spiro atoms. The average Bonchev–Trinajstić information content (AvgIpc) is 2.91. The lowest BCUT2D eigenvalue weighted by Crippen LogP contribution is -1.86. The molecule has 0 aromatic rings. The van der Waals surface area contributed by atoms with E-state index in [1.807, 2.05) is 0 Å². The van der Waals surface area contributed by atoms with Crippen molar-refractivity contribution in [2.45, 2.75) is 186 Å². The van der Waals surface area contributed by atoms with Gasteiger partial charge >= 0.3 is 11.9 Å². The second kappa shape index (κ2) is 32.6. The molecule has 0 saturated heterocycles. The minimum atomic E-state index is -0.836. The van der Waals surface area contributed by atoms with Gasteiger partial charge in [0, 0.05) is 12.2 Å². The molecule has 0 aliphatic carbocycles. The summed E-state index contributed by atoms with van der Waals surface area (Å²) in [6.07, 6.45) is 44.7. The van der Waals surface area contributed by atoms with Gasteiger partial charge in [0.2, 0.25) is 0 Å². The topological polar surface area (TPSA) is 74.6 Å². The predicted octanol–water partition coefficient (Wildman–Crippen LogP) is 11.6. The maximum Gasteiger partial charge on any atom is 0.327 e. The van der Waals surface area contributed by atoms with Crippen molar-refractivity contribution in [1.29, 1.82) is 0 Å². The molecule has 0 amide bonds. The Bertz CT molecular complexity index is 531. The van der Waals surface area contributed by atoms with Gasteiger partial charge in [-0.25, -0.2) is 9.59 Å². The molecule has 0 aliphatic heterocycles. The van der Waals surface area contributed by atoms with Crippen LogP contribution >= 0.6 is 0 Å². The van der Waals surface area contributed by atoms with E-state index >= 15 is 0 Å². The maximum atomic E-state index is 10.4. The number of carboxylic acid groups (broad SMARTS) is 2. The molecule has 39 heavy (non-hydrogen) atoms. The van der Waals surface area contributed by atoms with E-state index in [4.69, 9.17) is 10.2 Å². The Morgan fingerprint density at radius 1 is 0.308 bits per heavy atom. The lowest BCUT2D eigenvalue weighted by atomic mass is 10.0. The number of carbonyl (C=O) groups is 2. The lowest BCUT2D eigenvalue weighted by molar-refractivity contribution is -0.132. The van der Waals surface area contributed by atoms with E-state index in [2.05, 4.69) is 0 Å².